The van der Waals surface area contributed by atoms with Gasteiger partial charge in [-0.05, 0) is 127 Å². The first kappa shape index (κ1) is 31.0. The van der Waals surface area contributed by atoms with Crippen molar-refractivity contribution in [1.82, 2.24) is 4.57 Å². The van der Waals surface area contributed by atoms with E-state index in [2.05, 4.69) is 205 Å². The first-order chi connectivity index (χ1) is 27.8. The van der Waals surface area contributed by atoms with Crippen LogP contribution in [-0.4, -0.2) is 4.57 Å². The molecule has 0 saturated heterocycles. The van der Waals surface area contributed by atoms with Crippen molar-refractivity contribution in [3.05, 3.63) is 200 Å². The van der Waals surface area contributed by atoms with E-state index in [0.717, 1.165) is 33.2 Å². The molecule has 12 rings (SSSR count). The quantitative estimate of drug-likeness (QED) is 0.178. The number of hydrogen-bond donors (Lipinski definition) is 0. The van der Waals surface area contributed by atoms with Gasteiger partial charge in [0.05, 0.1) is 11.0 Å². The number of para-hydroxylation sites is 2. The van der Waals surface area contributed by atoms with E-state index in [1.807, 2.05) is 0 Å². The Labute approximate surface area is 324 Å². The van der Waals surface area contributed by atoms with E-state index < -0.39 is 0 Å². The van der Waals surface area contributed by atoms with Gasteiger partial charge in [0, 0.05) is 27.2 Å². The van der Waals surface area contributed by atoms with Crippen molar-refractivity contribution >= 4 is 43.7 Å². The highest BCUT2D eigenvalue weighted by Crippen LogP contribution is 2.48. The molecule has 9 aromatic carbocycles. The van der Waals surface area contributed by atoms with Crippen LogP contribution in [0.1, 0.15) is 0 Å². The third kappa shape index (κ3) is 4.63. The van der Waals surface area contributed by atoms with Gasteiger partial charge in [-0.3, -0.25) is 0 Å². The first-order valence-electron chi connectivity index (χ1n) is 19.3. The smallest absolute Gasteiger partial charge is 0.135 e. The fraction of sp³-hybridized carbons (Fsp3) is 0. The molecule has 1 aliphatic carbocycles. The van der Waals surface area contributed by atoms with E-state index in [-0.39, 0.29) is 0 Å². The molecule has 0 unspecified atom stereocenters. The maximum absolute atomic E-state index is 6.45. The summed E-state index contributed by atoms with van der Waals surface area (Å²) in [5, 5.41) is 4.73. The van der Waals surface area contributed by atoms with Crippen molar-refractivity contribution in [3.63, 3.8) is 0 Å². The lowest BCUT2D eigenvalue weighted by atomic mass is 9.80. The predicted molar refractivity (Wildman–Crippen MR) is 234 cm³/mol. The fourth-order valence-electron chi connectivity index (χ4n) is 9.18. The maximum Gasteiger partial charge on any atom is 0.135 e. The Balaban J connectivity index is 1.000. The average molecular weight is 712 g/mol. The molecule has 2 heterocycles. The van der Waals surface area contributed by atoms with Crippen LogP contribution in [0.4, 0.5) is 0 Å². The molecule has 0 fully saturated rings. The highest BCUT2D eigenvalue weighted by molar-refractivity contribution is 6.12. The molecule has 0 spiro atoms. The molecule has 0 saturated carbocycles. The van der Waals surface area contributed by atoms with Crippen LogP contribution in [0.15, 0.2) is 205 Å². The van der Waals surface area contributed by atoms with Crippen LogP contribution in [0.5, 0.6) is 0 Å². The fourth-order valence-corrected chi connectivity index (χ4v) is 9.18. The zero-order valence-corrected chi connectivity index (χ0v) is 30.4. The van der Waals surface area contributed by atoms with Crippen molar-refractivity contribution in [2.24, 2.45) is 0 Å². The molecule has 56 heavy (non-hydrogen) atoms. The third-order valence-corrected chi connectivity index (χ3v) is 11.8. The summed E-state index contributed by atoms with van der Waals surface area (Å²) in [6, 6.07) is 72.9. The lowest BCUT2D eigenvalue weighted by Crippen LogP contribution is -1.97. The largest absolute Gasteiger partial charge is 0.456 e. The van der Waals surface area contributed by atoms with Crippen LogP contribution in [0.3, 0.4) is 0 Å². The Hall–Kier alpha value is -7.42. The Morgan fingerprint density at radius 2 is 0.679 bits per heavy atom. The minimum absolute atomic E-state index is 0.893. The van der Waals surface area contributed by atoms with Gasteiger partial charge in [-0.15, -0.1) is 0 Å². The molecule has 1 aliphatic rings. The molecule has 0 atom stereocenters. The van der Waals surface area contributed by atoms with Gasteiger partial charge in [-0.2, -0.15) is 0 Å². The zero-order valence-electron chi connectivity index (χ0n) is 30.4. The van der Waals surface area contributed by atoms with E-state index >= 15 is 0 Å². The number of furan rings is 1. The summed E-state index contributed by atoms with van der Waals surface area (Å²) >= 11 is 0. The number of nitrogens with zero attached hydrogens (tertiary/aromatic N) is 1. The minimum atomic E-state index is 0.893. The zero-order chi connectivity index (χ0) is 36.7. The highest BCUT2D eigenvalue weighted by Gasteiger charge is 2.22. The molecule has 0 radical (unpaired) electrons. The summed E-state index contributed by atoms with van der Waals surface area (Å²) in [4.78, 5) is 0. The molecule has 0 amide bonds. The number of hydrogen-bond acceptors (Lipinski definition) is 1. The Morgan fingerprint density at radius 1 is 0.268 bits per heavy atom. The molecular formula is C54H33NO. The van der Waals surface area contributed by atoms with Crippen molar-refractivity contribution in [2.45, 2.75) is 0 Å². The van der Waals surface area contributed by atoms with Crippen molar-refractivity contribution in [1.29, 1.82) is 0 Å². The third-order valence-electron chi connectivity index (χ3n) is 11.8. The SMILES string of the molecule is c1ccc(-n2c3ccccc3c3cc(-c4ccc5oc6ccc(-c7ccc8c(c7)-c7ccccc7-c7ccccc7-c7ccccc7-8)cc6c5c4)ccc32)cc1. The standard InChI is InChI=1S/C54H33NO/c1-2-12-38(13-3-1)55-51-21-11-10-20-46(51)48-31-35(23-27-52(48)55)37-25-29-54-50(33-37)49-32-36(24-28-53(49)56-54)34-22-26-45-43-18-7-6-16-41(43)39-14-4-5-15-40(39)42-17-8-9-19-44(42)47(45)30-34/h1-33H. The summed E-state index contributed by atoms with van der Waals surface area (Å²) in [5.41, 5.74) is 20.1. The number of aromatic nitrogens is 1. The predicted octanol–water partition coefficient (Wildman–Crippen LogP) is 15.0. The van der Waals surface area contributed by atoms with E-state index in [9.17, 15) is 0 Å². The number of benzene rings is 9. The van der Waals surface area contributed by atoms with E-state index in [0.29, 0.717) is 0 Å². The minimum Gasteiger partial charge on any atom is -0.456 e. The van der Waals surface area contributed by atoms with Gasteiger partial charge < -0.3 is 8.98 Å². The van der Waals surface area contributed by atoms with Gasteiger partial charge in [0.2, 0.25) is 0 Å². The second-order valence-corrected chi connectivity index (χ2v) is 14.8. The molecule has 11 aromatic rings. The van der Waals surface area contributed by atoms with E-state index in [1.165, 1.54) is 83.0 Å². The number of rotatable bonds is 3. The molecule has 260 valence electrons. The Morgan fingerprint density at radius 3 is 1.27 bits per heavy atom. The molecule has 0 bridgehead atoms. The lowest BCUT2D eigenvalue weighted by Gasteiger charge is -2.23. The lowest BCUT2D eigenvalue weighted by molar-refractivity contribution is 0.669. The van der Waals surface area contributed by atoms with Crippen LogP contribution in [-0.2, 0) is 0 Å². The summed E-state index contributed by atoms with van der Waals surface area (Å²) in [6.07, 6.45) is 0. The van der Waals surface area contributed by atoms with Crippen LogP contribution >= 0.6 is 0 Å². The topological polar surface area (TPSA) is 18.1 Å². The van der Waals surface area contributed by atoms with Crippen molar-refractivity contribution < 1.29 is 4.42 Å². The summed E-state index contributed by atoms with van der Waals surface area (Å²) in [6.45, 7) is 0. The first-order valence-corrected chi connectivity index (χ1v) is 19.3. The van der Waals surface area contributed by atoms with Gasteiger partial charge >= 0.3 is 0 Å². The number of fused-ring (bicyclic) bond motifs is 14. The second kappa shape index (κ2) is 12.0. The monoisotopic (exact) mass is 711 g/mol. The van der Waals surface area contributed by atoms with Gasteiger partial charge in [-0.1, -0.05) is 140 Å². The highest BCUT2D eigenvalue weighted by atomic mass is 16.3. The van der Waals surface area contributed by atoms with Crippen molar-refractivity contribution in [2.75, 3.05) is 0 Å². The molecule has 2 aromatic heterocycles. The van der Waals surface area contributed by atoms with Crippen LogP contribution < -0.4 is 0 Å². The molecule has 2 heteroatoms. The average Bonchev–Trinajstić information content (AvgIpc) is 3.80. The summed E-state index contributed by atoms with van der Waals surface area (Å²) < 4.78 is 8.81. The van der Waals surface area contributed by atoms with Crippen LogP contribution in [0, 0.1) is 0 Å². The van der Waals surface area contributed by atoms with Crippen molar-refractivity contribution in [3.8, 4) is 72.4 Å². The van der Waals surface area contributed by atoms with E-state index in [1.54, 1.807) is 0 Å². The normalized spacial score (nSPS) is 11.9. The molecule has 0 aliphatic heterocycles. The van der Waals surface area contributed by atoms with Crippen LogP contribution in [0.2, 0.25) is 0 Å². The summed E-state index contributed by atoms with van der Waals surface area (Å²) in [7, 11) is 0. The molecular weight excluding hydrogens is 679 g/mol. The molecule has 0 N–H and O–H groups in total. The van der Waals surface area contributed by atoms with Gasteiger partial charge in [-0.25, -0.2) is 0 Å². The van der Waals surface area contributed by atoms with Gasteiger partial charge in [0.1, 0.15) is 11.2 Å². The van der Waals surface area contributed by atoms with Gasteiger partial charge in [0.25, 0.3) is 0 Å². The van der Waals surface area contributed by atoms with Gasteiger partial charge in [0.15, 0.2) is 0 Å². The molecule has 2 nitrogen and oxygen atoms in total. The van der Waals surface area contributed by atoms with E-state index in [4.69, 9.17) is 4.42 Å². The second-order valence-electron chi connectivity index (χ2n) is 14.8. The Kier molecular flexibility index (Phi) is 6.66. The summed E-state index contributed by atoms with van der Waals surface area (Å²) in [5.74, 6) is 0. The maximum atomic E-state index is 6.45. The Bertz CT molecular complexity index is 3360. The van der Waals surface area contributed by atoms with Crippen LogP contribution in [0.25, 0.3) is 116 Å².